The van der Waals surface area contributed by atoms with Gasteiger partial charge >= 0.3 is 6.03 Å². The smallest absolute Gasteiger partial charge is 0.318 e. The van der Waals surface area contributed by atoms with E-state index in [0.717, 1.165) is 42.6 Å². The molecule has 1 saturated carbocycles. The van der Waals surface area contributed by atoms with E-state index in [2.05, 4.69) is 35.6 Å². The van der Waals surface area contributed by atoms with Gasteiger partial charge in [-0.05, 0) is 79.5 Å². The summed E-state index contributed by atoms with van der Waals surface area (Å²) in [5.74, 6) is 1.06. The van der Waals surface area contributed by atoms with Crippen LogP contribution < -0.4 is 10.1 Å². The van der Waals surface area contributed by atoms with Gasteiger partial charge in [0.15, 0.2) is 0 Å². The first kappa shape index (κ1) is 23.8. The molecule has 3 aromatic carbocycles. The Morgan fingerprint density at radius 1 is 0.971 bits per heavy atom. The molecule has 0 saturated heterocycles. The van der Waals surface area contributed by atoms with Crippen LogP contribution in [0.15, 0.2) is 78.9 Å². The van der Waals surface area contributed by atoms with Crippen LogP contribution in [0.5, 0.6) is 5.75 Å². The molecule has 4 nitrogen and oxygen atoms in total. The lowest BCUT2D eigenvalue weighted by atomic mass is 9.81. The van der Waals surface area contributed by atoms with E-state index < -0.39 is 0 Å². The number of carbonyl (C=O) groups is 1. The summed E-state index contributed by atoms with van der Waals surface area (Å²) in [6, 6.07) is 24.7. The van der Waals surface area contributed by atoms with Crippen molar-refractivity contribution < 1.29 is 13.9 Å². The Balaban J connectivity index is 1.47. The molecular formula is C29H33FN2O2. The van der Waals surface area contributed by atoms with Gasteiger partial charge in [0.2, 0.25) is 0 Å². The molecule has 0 bridgehead atoms. The van der Waals surface area contributed by atoms with Crippen molar-refractivity contribution in [3.05, 3.63) is 101 Å². The van der Waals surface area contributed by atoms with E-state index >= 15 is 0 Å². The van der Waals surface area contributed by atoms with Crippen molar-refractivity contribution in [3.63, 3.8) is 0 Å². The molecular weight excluding hydrogens is 427 g/mol. The summed E-state index contributed by atoms with van der Waals surface area (Å²) < 4.78 is 18.6. The van der Waals surface area contributed by atoms with Crippen LogP contribution in [0.3, 0.4) is 0 Å². The molecule has 3 aromatic rings. The van der Waals surface area contributed by atoms with Crippen LogP contribution in [0, 0.1) is 5.82 Å². The Kier molecular flexibility index (Phi) is 7.84. The van der Waals surface area contributed by atoms with Crippen LogP contribution >= 0.6 is 0 Å². The van der Waals surface area contributed by atoms with Gasteiger partial charge < -0.3 is 15.0 Å². The zero-order valence-electron chi connectivity index (χ0n) is 19.9. The van der Waals surface area contributed by atoms with E-state index in [-0.39, 0.29) is 23.9 Å². The molecule has 0 aliphatic heterocycles. The second-order valence-corrected chi connectivity index (χ2v) is 9.11. The lowest BCUT2D eigenvalue weighted by Gasteiger charge is -2.38. The maximum Gasteiger partial charge on any atom is 0.318 e. The number of carbonyl (C=O) groups excluding carboxylic acids is 1. The highest BCUT2D eigenvalue weighted by molar-refractivity contribution is 5.75. The number of benzene rings is 3. The Labute approximate surface area is 201 Å². The Morgan fingerprint density at radius 2 is 1.62 bits per heavy atom. The predicted octanol–water partition coefficient (Wildman–Crippen LogP) is 6.83. The Morgan fingerprint density at radius 3 is 2.24 bits per heavy atom. The highest BCUT2D eigenvalue weighted by Crippen LogP contribution is 2.35. The summed E-state index contributed by atoms with van der Waals surface area (Å²) in [5.41, 5.74) is 3.33. The molecule has 5 heteroatoms. The minimum Gasteiger partial charge on any atom is -0.497 e. The number of ether oxygens (including phenoxy) is 1. The Hall–Kier alpha value is -3.34. The van der Waals surface area contributed by atoms with Crippen LogP contribution in [0.25, 0.3) is 0 Å². The van der Waals surface area contributed by atoms with Crippen molar-refractivity contribution in [1.29, 1.82) is 0 Å². The normalized spacial score (nSPS) is 18.7. The van der Waals surface area contributed by atoms with Crippen molar-refractivity contribution in [1.82, 2.24) is 10.2 Å². The van der Waals surface area contributed by atoms with Gasteiger partial charge in [0.1, 0.15) is 11.6 Å². The summed E-state index contributed by atoms with van der Waals surface area (Å²) >= 11 is 0. The molecule has 0 radical (unpaired) electrons. The predicted molar refractivity (Wildman–Crippen MR) is 133 cm³/mol. The largest absolute Gasteiger partial charge is 0.497 e. The average molecular weight is 461 g/mol. The van der Waals surface area contributed by atoms with Crippen LogP contribution in [0.4, 0.5) is 9.18 Å². The molecule has 0 heterocycles. The van der Waals surface area contributed by atoms with Gasteiger partial charge in [-0.2, -0.15) is 0 Å². The van der Waals surface area contributed by atoms with Crippen LogP contribution in [-0.2, 0) is 6.54 Å². The maximum absolute atomic E-state index is 13.5. The van der Waals surface area contributed by atoms with Gasteiger partial charge in [-0.3, -0.25) is 0 Å². The monoisotopic (exact) mass is 460 g/mol. The van der Waals surface area contributed by atoms with Crippen LogP contribution in [0.2, 0.25) is 0 Å². The number of nitrogens with one attached hydrogen (secondary N) is 1. The summed E-state index contributed by atoms with van der Waals surface area (Å²) in [6.07, 6.45) is 4.06. The zero-order chi connectivity index (χ0) is 23.9. The van der Waals surface area contributed by atoms with Crippen LogP contribution in [0.1, 0.15) is 61.3 Å². The van der Waals surface area contributed by atoms with Crippen molar-refractivity contribution in [2.45, 2.75) is 57.2 Å². The standard InChI is InChI=1S/C29H33FN2O2/c1-21(23-10-14-26(30)15-11-23)31-29(33)32(20-22-8-18-28(34-2)19-9-22)27-16-12-25(13-17-27)24-6-4-3-5-7-24/h3-11,14-15,18-19,21,25,27H,12-13,16-17,20H2,1-2H3,(H,31,33)/t21-,25?,27?/m1/s1. The van der Waals surface area contributed by atoms with E-state index in [0.29, 0.717) is 12.5 Å². The minimum absolute atomic E-state index is 0.0872. The fraction of sp³-hybridized carbons (Fsp3) is 0.345. The number of hydrogen-bond acceptors (Lipinski definition) is 2. The minimum atomic E-state index is -0.279. The number of nitrogens with zero attached hydrogens (tertiary/aromatic N) is 1. The average Bonchev–Trinajstić information content (AvgIpc) is 2.88. The number of methoxy groups -OCH3 is 1. The fourth-order valence-corrected chi connectivity index (χ4v) is 4.84. The Bertz CT molecular complexity index is 1050. The molecule has 2 amide bonds. The molecule has 0 unspecified atom stereocenters. The molecule has 0 spiro atoms. The number of hydrogen-bond donors (Lipinski definition) is 1. The van der Waals surface area contributed by atoms with Crippen molar-refractivity contribution in [3.8, 4) is 5.75 Å². The molecule has 0 aromatic heterocycles. The summed E-state index contributed by atoms with van der Waals surface area (Å²) in [7, 11) is 1.65. The third-order valence-electron chi connectivity index (χ3n) is 6.89. The molecule has 1 fully saturated rings. The van der Waals surface area contributed by atoms with Gasteiger partial charge in [-0.1, -0.05) is 54.6 Å². The molecule has 4 rings (SSSR count). The SMILES string of the molecule is COc1ccc(CN(C(=O)N[C@H](C)c2ccc(F)cc2)C2CCC(c3ccccc3)CC2)cc1. The lowest BCUT2D eigenvalue weighted by Crippen LogP contribution is -2.47. The van der Waals surface area contributed by atoms with Gasteiger partial charge in [0.25, 0.3) is 0 Å². The summed E-state index contributed by atoms with van der Waals surface area (Å²) in [6.45, 7) is 2.47. The second kappa shape index (κ2) is 11.2. The molecule has 34 heavy (non-hydrogen) atoms. The van der Waals surface area contributed by atoms with E-state index in [4.69, 9.17) is 4.74 Å². The van der Waals surface area contributed by atoms with Crippen LogP contribution in [-0.4, -0.2) is 24.1 Å². The highest BCUT2D eigenvalue weighted by Gasteiger charge is 2.30. The lowest BCUT2D eigenvalue weighted by molar-refractivity contribution is 0.144. The van der Waals surface area contributed by atoms with Gasteiger partial charge in [0, 0.05) is 12.6 Å². The first-order valence-electron chi connectivity index (χ1n) is 12.0. The number of halogens is 1. The highest BCUT2D eigenvalue weighted by atomic mass is 19.1. The second-order valence-electron chi connectivity index (χ2n) is 9.11. The fourth-order valence-electron chi connectivity index (χ4n) is 4.84. The van der Waals surface area contributed by atoms with E-state index in [1.807, 2.05) is 36.1 Å². The maximum atomic E-state index is 13.5. The van der Waals surface area contributed by atoms with Gasteiger partial charge in [0.05, 0.1) is 13.2 Å². The number of rotatable bonds is 7. The molecule has 178 valence electrons. The van der Waals surface area contributed by atoms with Gasteiger partial charge in [-0.15, -0.1) is 0 Å². The topological polar surface area (TPSA) is 41.6 Å². The summed E-state index contributed by atoms with van der Waals surface area (Å²) in [5, 5.41) is 3.14. The zero-order valence-corrected chi connectivity index (χ0v) is 19.9. The van der Waals surface area contributed by atoms with E-state index in [1.165, 1.54) is 17.7 Å². The third kappa shape index (κ3) is 5.96. The molecule has 1 aliphatic carbocycles. The summed E-state index contributed by atoms with van der Waals surface area (Å²) in [4.78, 5) is 15.5. The first-order valence-corrected chi connectivity index (χ1v) is 12.0. The van der Waals surface area contributed by atoms with E-state index in [9.17, 15) is 9.18 Å². The number of amides is 2. The molecule has 1 aliphatic rings. The third-order valence-corrected chi connectivity index (χ3v) is 6.89. The van der Waals surface area contributed by atoms with Crippen molar-refractivity contribution in [2.24, 2.45) is 0 Å². The van der Waals surface area contributed by atoms with E-state index in [1.54, 1.807) is 19.2 Å². The molecule has 1 N–H and O–H groups in total. The first-order chi connectivity index (χ1) is 16.5. The number of urea groups is 1. The quantitative estimate of drug-likeness (QED) is 0.420. The molecule has 1 atom stereocenters. The van der Waals surface area contributed by atoms with Crippen molar-refractivity contribution >= 4 is 6.03 Å². The van der Waals surface area contributed by atoms with Gasteiger partial charge in [-0.25, -0.2) is 9.18 Å². The van der Waals surface area contributed by atoms with Crippen molar-refractivity contribution in [2.75, 3.05) is 7.11 Å².